The van der Waals surface area contributed by atoms with Crippen molar-refractivity contribution in [2.24, 2.45) is 0 Å². The van der Waals surface area contributed by atoms with Gasteiger partial charge in [-0.25, -0.2) is 14.6 Å². The summed E-state index contributed by atoms with van der Waals surface area (Å²) < 4.78 is 1.92. The summed E-state index contributed by atoms with van der Waals surface area (Å²) in [7, 11) is 0. The van der Waals surface area contributed by atoms with Gasteiger partial charge in [0.25, 0.3) is 0 Å². The molecule has 0 saturated heterocycles. The van der Waals surface area contributed by atoms with Gasteiger partial charge in [0.05, 0.1) is 6.04 Å². The number of nitrogens with one attached hydrogen (secondary N) is 1. The van der Waals surface area contributed by atoms with Gasteiger partial charge in [0, 0.05) is 24.5 Å². The Balaban J connectivity index is 1.67. The number of hydrogen-bond donors (Lipinski definition) is 1. The highest BCUT2D eigenvalue weighted by Gasteiger charge is 2.22. The molecule has 1 fully saturated rings. The van der Waals surface area contributed by atoms with Gasteiger partial charge in [-0.15, -0.1) is 5.10 Å². The molecule has 3 rings (SSSR count). The van der Waals surface area contributed by atoms with Gasteiger partial charge in [-0.3, -0.25) is 0 Å². The van der Waals surface area contributed by atoms with Crippen molar-refractivity contribution in [1.29, 1.82) is 0 Å². The van der Waals surface area contributed by atoms with Gasteiger partial charge in [0.2, 0.25) is 5.16 Å². The van der Waals surface area contributed by atoms with Crippen molar-refractivity contribution < 1.29 is 0 Å². The normalized spacial score (nSPS) is 15.7. The van der Waals surface area contributed by atoms with Crippen LogP contribution >= 0.6 is 11.8 Å². The van der Waals surface area contributed by atoms with Gasteiger partial charge < -0.3 is 5.32 Å². The molecule has 0 unspecified atom stereocenters. The summed E-state index contributed by atoms with van der Waals surface area (Å²) in [6, 6.07) is 0.426. The zero-order chi connectivity index (χ0) is 14.5. The molecular formula is C13H19N7S. The number of hydrogen-bond acceptors (Lipinski definition) is 7. The monoisotopic (exact) mass is 305 g/mol. The van der Waals surface area contributed by atoms with Crippen LogP contribution in [0.25, 0.3) is 0 Å². The Morgan fingerprint density at radius 3 is 2.76 bits per heavy atom. The van der Waals surface area contributed by atoms with Crippen molar-refractivity contribution in [3.63, 3.8) is 0 Å². The highest BCUT2D eigenvalue weighted by Crippen LogP contribution is 2.32. The second kappa shape index (κ2) is 6.95. The van der Waals surface area contributed by atoms with Crippen molar-refractivity contribution in [2.75, 3.05) is 6.54 Å². The van der Waals surface area contributed by atoms with Gasteiger partial charge in [-0.2, -0.15) is 0 Å². The van der Waals surface area contributed by atoms with E-state index in [0.717, 1.165) is 36.7 Å². The maximum absolute atomic E-state index is 4.38. The van der Waals surface area contributed by atoms with E-state index in [1.54, 1.807) is 0 Å². The van der Waals surface area contributed by atoms with E-state index in [-0.39, 0.29) is 0 Å². The van der Waals surface area contributed by atoms with Crippen LogP contribution in [-0.4, -0.2) is 36.7 Å². The summed E-state index contributed by atoms with van der Waals surface area (Å²) >= 11 is 1.42. The topological polar surface area (TPSA) is 81.4 Å². The first-order valence-corrected chi connectivity index (χ1v) is 8.16. The minimum atomic E-state index is 0.426. The average Bonchev–Trinajstić information content (AvgIpc) is 3.17. The fraction of sp³-hybridized carbons (Fsp3) is 0.615. The minimum absolute atomic E-state index is 0.426. The van der Waals surface area contributed by atoms with Crippen LogP contribution in [0.4, 0.5) is 0 Å². The van der Waals surface area contributed by atoms with Crippen molar-refractivity contribution in [3.8, 4) is 0 Å². The van der Waals surface area contributed by atoms with Gasteiger partial charge in [-0.05, 0) is 41.6 Å². The van der Waals surface area contributed by atoms with E-state index in [4.69, 9.17) is 0 Å². The van der Waals surface area contributed by atoms with Crippen LogP contribution in [-0.2, 0) is 6.54 Å². The molecule has 0 bridgehead atoms. The molecule has 112 valence electrons. The van der Waals surface area contributed by atoms with Crippen molar-refractivity contribution in [3.05, 3.63) is 18.0 Å². The Kier molecular flexibility index (Phi) is 4.76. The third-order valence-electron chi connectivity index (χ3n) is 3.58. The lowest BCUT2D eigenvalue weighted by Crippen LogP contribution is -2.12. The molecule has 21 heavy (non-hydrogen) atoms. The molecule has 0 spiro atoms. The van der Waals surface area contributed by atoms with Crippen LogP contribution in [0.1, 0.15) is 44.2 Å². The van der Waals surface area contributed by atoms with Crippen molar-refractivity contribution >= 4 is 11.8 Å². The molecule has 8 heteroatoms. The molecule has 0 atom stereocenters. The molecule has 0 aromatic carbocycles. The highest BCUT2D eigenvalue weighted by atomic mass is 32.2. The zero-order valence-corrected chi connectivity index (χ0v) is 12.9. The lowest BCUT2D eigenvalue weighted by molar-refractivity contribution is 0.423. The average molecular weight is 305 g/mol. The molecule has 0 radical (unpaired) electrons. The minimum Gasteiger partial charge on any atom is -0.313 e. The highest BCUT2D eigenvalue weighted by molar-refractivity contribution is 7.99. The Bertz CT molecular complexity index is 562. The Morgan fingerprint density at radius 2 is 2.05 bits per heavy atom. The van der Waals surface area contributed by atoms with E-state index in [0.29, 0.717) is 11.2 Å². The molecule has 0 amide bonds. The SMILES string of the molecule is CCNCc1cnc(Sc2nnnn2C2CCCC2)nc1. The molecule has 0 aliphatic heterocycles. The maximum atomic E-state index is 4.38. The molecule has 2 aromatic heterocycles. The van der Waals surface area contributed by atoms with Gasteiger partial charge in [-0.1, -0.05) is 19.8 Å². The Labute approximate surface area is 127 Å². The van der Waals surface area contributed by atoms with E-state index in [1.807, 2.05) is 17.1 Å². The fourth-order valence-electron chi connectivity index (χ4n) is 2.47. The van der Waals surface area contributed by atoms with Crippen LogP contribution < -0.4 is 5.32 Å². The smallest absolute Gasteiger partial charge is 0.217 e. The predicted octanol–water partition coefficient (Wildman–Crippen LogP) is 1.84. The number of tetrazole rings is 1. The van der Waals surface area contributed by atoms with Gasteiger partial charge in [0.15, 0.2) is 5.16 Å². The summed E-state index contributed by atoms with van der Waals surface area (Å²) in [5, 5.41) is 16.7. The predicted molar refractivity (Wildman–Crippen MR) is 78.9 cm³/mol. The zero-order valence-electron chi connectivity index (χ0n) is 12.1. The molecule has 1 N–H and O–H groups in total. The third kappa shape index (κ3) is 3.56. The third-order valence-corrected chi connectivity index (χ3v) is 4.42. The van der Waals surface area contributed by atoms with Crippen LogP contribution in [0.5, 0.6) is 0 Å². The Morgan fingerprint density at radius 1 is 1.29 bits per heavy atom. The van der Waals surface area contributed by atoms with Gasteiger partial charge >= 0.3 is 0 Å². The summed E-state index contributed by atoms with van der Waals surface area (Å²) in [6.07, 6.45) is 8.51. The molecular weight excluding hydrogens is 286 g/mol. The largest absolute Gasteiger partial charge is 0.313 e. The first-order valence-electron chi connectivity index (χ1n) is 7.34. The van der Waals surface area contributed by atoms with Crippen LogP contribution in [0.3, 0.4) is 0 Å². The standard InChI is InChI=1S/C13H19N7S/c1-2-14-7-10-8-15-12(16-9-10)21-13-17-18-19-20(13)11-5-3-4-6-11/h8-9,11,14H,2-7H2,1H3. The molecule has 1 saturated carbocycles. The van der Waals surface area contributed by atoms with E-state index in [1.165, 1.54) is 24.6 Å². The summed E-state index contributed by atoms with van der Waals surface area (Å²) in [6.45, 7) is 3.81. The molecule has 1 aliphatic rings. The lowest BCUT2D eigenvalue weighted by atomic mass is 10.3. The molecule has 2 aromatic rings. The summed E-state index contributed by atoms with van der Waals surface area (Å²) in [5.74, 6) is 0. The Hall–Kier alpha value is -1.54. The second-order valence-electron chi connectivity index (χ2n) is 5.10. The lowest BCUT2D eigenvalue weighted by Gasteiger charge is -2.10. The van der Waals surface area contributed by atoms with Crippen LogP contribution in [0, 0.1) is 0 Å². The van der Waals surface area contributed by atoms with E-state index in [9.17, 15) is 0 Å². The molecule has 1 aliphatic carbocycles. The van der Waals surface area contributed by atoms with Crippen LogP contribution in [0.2, 0.25) is 0 Å². The van der Waals surface area contributed by atoms with E-state index < -0.39 is 0 Å². The van der Waals surface area contributed by atoms with E-state index >= 15 is 0 Å². The molecule has 2 heterocycles. The first kappa shape index (κ1) is 14.4. The quantitative estimate of drug-likeness (QED) is 0.815. The number of nitrogens with zero attached hydrogens (tertiary/aromatic N) is 6. The second-order valence-corrected chi connectivity index (χ2v) is 6.04. The first-order chi connectivity index (χ1) is 10.4. The fourth-order valence-corrected chi connectivity index (χ4v) is 3.20. The van der Waals surface area contributed by atoms with Crippen molar-refractivity contribution in [1.82, 2.24) is 35.5 Å². The number of aromatic nitrogens is 6. The summed E-state index contributed by atoms with van der Waals surface area (Å²) in [5.41, 5.74) is 1.08. The summed E-state index contributed by atoms with van der Waals surface area (Å²) in [4.78, 5) is 8.75. The van der Waals surface area contributed by atoms with Gasteiger partial charge in [0.1, 0.15) is 0 Å². The maximum Gasteiger partial charge on any atom is 0.217 e. The van der Waals surface area contributed by atoms with Crippen LogP contribution in [0.15, 0.2) is 22.7 Å². The molecule has 7 nitrogen and oxygen atoms in total. The van der Waals surface area contributed by atoms with E-state index in [2.05, 4.69) is 37.7 Å². The van der Waals surface area contributed by atoms with Crippen molar-refractivity contribution in [2.45, 2.75) is 55.5 Å². The number of rotatable bonds is 6.